The molecule has 1 aromatic rings. The van der Waals surface area contributed by atoms with Crippen molar-refractivity contribution < 1.29 is 4.39 Å². The summed E-state index contributed by atoms with van der Waals surface area (Å²) in [7, 11) is 0. The van der Waals surface area contributed by atoms with Crippen molar-refractivity contribution in [1.29, 1.82) is 0 Å². The fourth-order valence-corrected chi connectivity index (χ4v) is 2.49. The van der Waals surface area contributed by atoms with Crippen molar-refractivity contribution in [3.05, 3.63) is 24.3 Å². The second-order valence-electron chi connectivity index (χ2n) is 4.65. The lowest BCUT2D eigenvalue weighted by Crippen LogP contribution is -2.27. The van der Waals surface area contributed by atoms with Crippen LogP contribution in [0.25, 0.3) is 0 Å². The van der Waals surface area contributed by atoms with Crippen molar-refractivity contribution in [3.63, 3.8) is 0 Å². The lowest BCUT2D eigenvalue weighted by molar-refractivity contribution is 0.327. The first-order valence-corrected chi connectivity index (χ1v) is 6.16. The Kier molecular flexibility index (Phi) is 3.75. The highest BCUT2D eigenvalue weighted by atomic mass is 19.1. The van der Waals surface area contributed by atoms with Crippen molar-refractivity contribution >= 4 is 5.69 Å². The van der Waals surface area contributed by atoms with Crippen LogP contribution in [0.4, 0.5) is 10.1 Å². The molecule has 2 rings (SSSR count). The summed E-state index contributed by atoms with van der Waals surface area (Å²) in [5.41, 5.74) is 0.933. The molecule has 0 amide bonds. The normalized spacial score (nSPS) is 25.4. The molecule has 2 unspecified atom stereocenters. The van der Waals surface area contributed by atoms with Gasteiger partial charge in [0.1, 0.15) is 0 Å². The Morgan fingerprint density at radius 3 is 3.00 bits per heavy atom. The summed E-state index contributed by atoms with van der Waals surface area (Å²) in [5.74, 6) is 0.431. The van der Waals surface area contributed by atoms with E-state index >= 15 is 0 Å². The lowest BCUT2D eigenvalue weighted by atomic mass is 9.84. The smallest absolute Gasteiger partial charge is 0.212 e. The SMILES string of the molecule is CCC1CCCC(Nc2ccc(F)nc2)C1. The van der Waals surface area contributed by atoms with Crippen LogP contribution in [0.15, 0.2) is 18.3 Å². The number of anilines is 1. The number of halogens is 1. The molecular weight excluding hydrogens is 203 g/mol. The lowest BCUT2D eigenvalue weighted by Gasteiger charge is -2.29. The third-order valence-corrected chi connectivity index (χ3v) is 3.46. The summed E-state index contributed by atoms with van der Waals surface area (Å²) in [6.07, 6.45) is 7.94. The van der Waals surface area contributed by atoms with Gasteiger partial charge in [0.25, 0.3) is 0 Å². The average Bonchev–Trinajstić information content (AvgIpc) is 2.32. The number of hydrogen-bond donors (Lipinski definition) is 1. The van der Waals surface area contributed by atoms with Crippen LogP contribution < -0.4 is 5.32 Å². The zero-order valence-corrected chi connectivity index (χ0v) is 9.75. The minimum atomic E-state index is -0.416. The van der Waals surface area contributed by atoms with Crippen LogP contribution in [0.5, 0.6) is 0 Å². The van der Waals surface area contributed by atoms with Crippen LogP contribution in [0.3, 0.4) is 0 Å². The van der Waals surface area contributed by atoms with Gasteiger partial charge in [-0.3, -0.25) is 0 Å². The summed E-state index contributed by atoms with van der Waals surface area (Å²) in [5, 5.41) is 3.44. The van der Waals surface area contributed by atoms with Gasteiger partial charge in [0, 0.05) is 6.04 Å². The zero-order chi connectivity index (χ0) is 11.4. The molecule has 1 aliphatic rings. The van der Waals surface area contributed by atoms with Gasteiger partial charge in [-0.05, 0) is 30.9 Å². The van der Waals surface area contributed by atoms with Gasteiger partial charge in [-0.2, -0.15) is 4.39 Å². The first kappa shape index (κ1) is 11.4. The van der Waals surface area contributed by atoms with Crippen LogP contribution in [0.1, 0.15) is 39.0 Å². The maximum Gasteiger partial charge on any atom is 0.212 e. The fourth-order valence-electron chi connectivity index (χ4n) is 2.49. The average molecular weight is 222 g/mol. The monoisotopic (exact) mass is 222 g/mol. The Morgan fingerprint density at radius 1 is 1.44 bits per heavy atom. The van der Waals surface area contributed by atoms with Crippen LogP contribution in [-0.2, 0) is 0 Å². The van der Waals surface area contributed by atoms with Crippen LogP contribution in [-0.4, -0.2) is 11.0 Å². The summed E-state index contributed by atoms with van der Waals surface area (Å²) in [6, 6.07) is 3.70. The molecule has 3 heteroatoms. The molecule has 1 heterocycles. The number of hydrogen-bond acceptors (Lipinski definition) is 2. The predicted molar refractivity (Wildman–Crippen MR) is 63.9 cm³/mol. The molecule has 88 valence electrons. The van der Waals surface area contributed by atoms with E-state index in [1.807, 2.05) is 0 Å². The highest BCUT2D eigenvalue weighted by Crippen LogP contribution is 2.28. The van der Waals surface area contributed by atoms with Crippen LogP contribution >= 0.6 is 0 Å². The van der Waals surface area contributed by atoms with Crippen LogP contribution in [0, 0.1) is 11.9 Å². The van der Waals surface area contributed by atoms with E-state index in [2.05, 4.69) is 17.2 Å². The largest absolute Gasteiger partial charge is 0.381 e. The molecule has 0 aromatic carbocycles. The van der Waals surface area contributed by atoms with Crippen molar-refractivity contribution in [1.82, 2.24) is 4.98 Å². The molecule has 0 bridgehead atoms. The molecule has 2 nitrogen and oxygen atoms in total. The Morgan fingerprint density at radius 2 is 2.31 bits per heavy atom. The molecule has 2 atom stereocenters. The molecule has 0 radical (unpaired) electrons. The molecule has 1 fully saturated rings. The van der Waals surface area contributed by atoms with E-state index in [4.69, 9.17) is 0 Å². The number of pyridine rings is 1. The molecule has 0 spiro atoms. The molecule has 1 N–H and O–H groups in total. The van der Waals surface area contributed by atoms with Crippen molar-refractivity contribution in [2.75, 3.05) is 5.32 Å². The highest BCUT2D eigenvalue weighted by molar-refractivity contribution is 5.41. The first-order chi connectivity index (χ1) is 7.78. The quantitative estimate of drug-likeness (QED) is 0.790. The Bertz CT molecular complexity index is 323. The van der Waals surface area contributed by atoms with Crippen molar-refractivity contribution in [2.45, 2.75) is 45.1 Å². The molecular formula is C13H19FN2. The van der Waals surface area contributed by atoms with E-state index in [0.29, 0.717) is 6.04 Å². The van der Waals surface area contributed by atoms with Gasteiger partial charge in [0.05, 0.1) is 11.9 Å². The Balaban J connectivity index is 1.91. The maximum absolute atomic E-state index is 12.6. The van der Waals surface area contributed by atoms with E-state index < -0.39 is 5.95 Å². The van der Waals surface area contributed by atoms with E-state index in [-0.39, 0.29) is 0 Å². The summed E-state index contributed by atoms with van der Waals surface area (Å²) in [6.45, 7) is 2.26. The standard InChI is InChI=1S/C13H19FN2/c1-2-10-4-3-5-11(8-10)16-12-6-7-13(14)15-9-12/h6-7,9-11,16H,2-5,8H2,1H3. The summed E-state index contributed by atoms with van der Waals surface area (Å²) >= 11 is 0. The topological polar surface area (TPSA) is 24.9 Å². The van der Waals surface area contributed by atoms with Gasteiger partial charge in [-0.1, -0.05) is 26.2 Å². The number of aromatic nitrogens is 1. The van der Waals surface area contributed by atoms with E-state index in [0.717, 1.165) is 11.6 Å². The van der Waals surface area contributed by atoms with Gasteiger partial charge in [0.2, 0.25) is 5.95 Å². The van der Waals surface area contributed by atoms with Crippen molar-refractivity contribution in [3.8, 4) is 0 Å². The summed E-state index contributed by atoms with van der Waals surface area (Å²) < 4.78 is 12.6. The highest BCUT2D eigenvalue weighted by Gasteiger charge is 2.20. The molecule has 1 aliphatic carbocycles. The zero-order valence-electron chi connectivity index (χ0n) is 9.75. The van der Waals surface area contributed by atoms with Crippen molar-refractivity contribution in [2.24, 2.45) is 5.92 Å². The van der Waals surface area contributed by atoms with Crippen LogP contribution in [0.2, 0.25) is 0 Å². The van der Waals surface area contributed by atoms with Gasteiger partial charge < -0.3 is 5.32 Å². The predicted octanol–water partition coefficient (Wildman–Crippen LogP) is 3.60. The number of nitrogens with zero attached hydrogens (tertiary/aromatic N) is 1. The molecule has 16 heavy (non-hydrogen) atoms. The van der Waals surface area contributed by atoms with Gasteiger partial charge >= 0.3 is 0 Å². The molecule has 0 aliphatic heterocycles. The first-order valence-electron chi connectivity index (χ1n) is 6.16. The minimum Gasteiger partial charge on any atom is -0.381 e. The molecule has 1 aromatic heterocycles. The molecule has 0 saturated heterocycles. The third kappa shape index (κ3) is 2.94. The number of nitrogens with one attached hydrogen (secondary N) is 1. The summed E-state index contributed by atoms with van der Waals surface area (Å²) in [4.78, 5) is 3.65. The second-order valence-corrected chi connectivity index (χ2v) is 4.65. The minimum absolute atomic E-state index is 0.416. The van der Waals surface area contributed by atoms with E-state index in [1.54, 1.807) is 12.3 Å². The second kappa shape index (κ2) is 5.28. The van der Waals surface area contributed by atoms with Gasteiger partial charge in [-0.25, -0.2) is 4.98 Å². The van der Waals surface area contributed by atoms with E-state index in [9.17, 15) is 4.39 Å². The Hall–Kier alpha value is -1.12. The molecule has 1 saturated carbocycles. The van der Waals surface area contributed by atoms with E-state index in [1.165, 1.54) is 38.2 Å². The van der Waals surface area contributed by atoms with Gasteiger partial charge in [0.15, 0.2) is 0 Å². The number of rotatable bonds is 3. The fraction of sp³-hybridized carbons (Fsp3) is 0.615. The third-order valence-electron chi connectivity index (χ3n) is 3.46. The maximum atomic E-state index is 12.6. The Labute approximate surface area is 96.3 Å². The van der Waals surface area contributed by atoms with Gasteiger partial charge in [-0.15, -0.1) is 0 Å².